The molecule has 7 nitrogen and oxygen atoms in total. The van der Waals surface area contributed by atoms with E-state index in [0.29, 0.717) is 28.3 Å². The van der Waals surface area contributed by atoms with Crippen molar-refractivity contribution in [3.63, 3.8) is 0 Å². The van der Waals surface area contributed by atoms with Crippen LogP contribution in [0.4, 0.5) is 17.2 Å². The fourth-order valence-corrected chi connectivity index (χ4v) is 4.94. The van der Waals surface area contributed by atoms with E-state index in [1.165, 1.54) is 5.56 Å². The minimum atomic E-state index is -0.515. The quantitative estimate of drug-likeness (QED) is 0.270. The van der Waals surface area contributed by atoms with Crippen LogP contribution in [0.25, 0.3) is 0 Å². The molecule has 0 saturated heterocycles. The third-order valence-corrected chi connectivity index (χ3v) is 7.16. The maximum Gasteiger partial charge on any atom is 0.261 e. The minimum absolute atomic E-state index is 0.219. The van der Waals surface area contributed by atoms with Gasteiger partial charge in [-0.2, -0.15) is 5.10 Å². The lowest BCUT2D eigenvalue weighted by atomic mass is 9.93. The number of hydrogen-bond acceptors (Lipinski definition) is 4. The number of rotatable bonds is 6. The summed E-state index contributed by atoms with van der Waals surface area (Å²) in [5.41, 5.74) is 8.42. The van der Waals surface area contributed by atoms with Crippen LogP contribution in [0.1, 0.15) is 58.1 Å². The van der Waals surface area contributed by atoms with Crippen LogP contribution in [0.2, 0.25) is 0 Å². The Kier molecular flexibility index (Phi) is 7.07. The number of hydrogen-bond donors (Lipinski definition) is 3. The maximum atomic E-state index is 13.8. The van der Waals surface area contributed by atoms with Crippen LogP contribution in [0, 0.1) is 20.8 Å². The molecule has 1 aliphatic rings. The summed E-state index contributed by atoms with van der Waals surface area (Å²) in [5.74, 6) is 0.0525. The Hall–Kier alpha value is -4.65. The van der Waals surface area contributed by atoms with E-state index in [0.717, 1.165) is 34.4 Å². The third-order valence-electron chi connectivity index (χ3n) is 7.16. The average Bonchev–Trinajstić information content (AvgIpc) is 3.34. The molecule has 0 aliphatic carbocycles. The molecule has 1 atom stereocenters. The van der Waals surface area contributed by atoms with Gasteiger partial charge in [0.1, 0.15) is 17.4 Å². The normalized spacial score (nSPS) is 14.4. The van der Waals surface area contributed by atoms with E-state index in [2.05, 4.69) is 40.1 Å². The Labute approximate surface area is 229 Å². The van der Waals surface area contributed by atoms with E-state index in [1.807, 2.05) is 82.3 Å². The highest BCUT2D eigenvalue weighted by Gasteiger charge is 2.35. The van der Waals surface area contributed by atoms with Crippen LogP contribution < -0.4 is 16.0 Å². The van der Waals surface area contributed by atoms with Crippen molar-refractivity contribution in [3.8, 4) is 0 Å². The number of anilines is 3. The van der Waals surface area contributed by atoms with Crippen molar-refractivity contribution < 1.29 is 9.59 Å². The zero-order valence-electron chi connectivity index (χ0n) is 22.9. The van der Waals surface area contributed by atoms with Gasteiger partial charge < -0.3 is 16.0 Å². The van der Waals surface area contributed by atoms with Crippen LogP contribution in [-0.2, 0) is 11.2 Å². The molecule has 39 heavy (non-hydrogen) atoms. The topological polar surface area (TPSA) is 88.1 Å². The molecule has 0 spiro atoms. The van der Waals surface area contributed by atoms with E-state index in [1.54, 1.807) is 10.9 Å². The first-order valence-electron chi connectivity index (χ1n) is 13.2. The standard InChI is InChI=1S/C32H33N5O2/c1-6-23-10-12-24(13-11-23)29-28(32(39)36-27-16-9-20(3)17-21(27)4)22(5)34-30-26(18-33-37(29)30)31(38)35-25-14-7-19(2)8-15-25/h7-18,29,34H,6H2,1-5H3,(H,35,38)(H,36,39)/t29-/m0/s1. The van der Waals surface area contributed by atoms with Gasteiger partial charge in [-0.15, -0.1) is 0 Å². The van der Waals surface area contributed by atoms with Crippen molar-refractivity contribution in [1.29, 1.82) is 0 Å². The van der Waals surface area contributed by atoms with E-state index < -0.39 is 6.04 Å². The molecule has 1 aliphatic heterocycles. The Balaban J connectivity index is 1.54. The summed E-state index contributed by atoms with van der Waals surface area (Å²) in [5, 5.41) is 14.0. The van der Waals surface area contributed by atoms with Gasteiger partial charge in [0.25, 0.3) is 11.8 Å². The number of benzene rings is 3. The van der Waals surface area contributed by atoms with Gasteiger partial charge in [-0.25, -0.2) is 4.68 Å². The Bertz CT molecular complexity index is 1580. The molecule has 3 aromatic carbocycles. The predicted molar refractivity (Wildman–Crippen MR) is 156 cm³/mol. The second kappa shape index (κ2) is 10.6. The minimum Gasteiger partial charge on any atom is -0.343 e. The van der Waals surface area contributed by atoms with Gasteiger partial charge >= 0.3 is 0 Å². The Morgan fingerprint density at radius 1 is 0.872 bits per heavy atom. The second-order valence-electron chi connectivity index (χ2n) is 10.1. The second-order valence-corrected chi connectivity index (χ2v) is 10.1. The Morgan fingerprint density at radius 2 is 1.56 bits per heavy atom. The Morgan fingerprint density at radius 3 is 2.23 bits per heavy atom. The van der Waals surface area contributed by atoms with Crippen molar-refractivity contribution in [3.05, 3.63) is 118 Å². The van der Waals surface area contributed by atoms with Crippen LogP contribution in [0.3, 0.4) is 0 Å². The molecule has 2 heterocycles. The largest absolute Gasteiger partial charge is 0.343 e. The molecule has 0 bridgehead atoms. The highest BCUT2D eigenvalue weighted by atomic mass is 16.2. The number of allylic oxidation sites excluding steroid dienone is 1. The van der Waals surface area contributed by atoms with E-state index in [-0.39, 0.29) is 11.8 Å². The van der Waals surface area contributed by atoms with Gasteiger partial charge in [0.15, 0.2) is 0 Å². The lowest BCUT2D eigenvalue weighted by Gasteiger charge is -2.30. The SMILES string of the molecule is CCc1ccc([C@H]2C(C(=O)Nc3ccc(C)cc3C)=C(C)Nc3c(C(=O)Nc4ccc(C)cc4)cnn32)cc1. The molecule has 0 unspecified atom stereocenters. The van der Waals surface area contributed by atoms with E-state index >= 15 is 0 Å². The summed E-state index contributed by atoms with van der Waals surface area (Å²) in [6.07, 6.45) is 2.47. The lowest BCUT2D eigenvalue weighted by molar-refractivity contribution is -0.113. The van der Waals surface area contributed by atoms with E-state index in [4.69, 9.17) is 0 Å². The molecule has 5 rings (SSSR count). The summed E-state index contributed by atoms with van der Waals surface area (Å²) in [7, 11) is 0. The molecule has 2 amide bonds. The van der Waals surface area contributed by atoms with Crippen molar-refractivity contribution in [1.82, 2.24) is 9.78 Å². The van der Waals surface area contributed by atoms with Crippen molar-refractivity contribution in [2.24, 2.45) is 0 Å². The van der Waals surface area contributed by atoms with Gasteiger partial charge in [0, 0.05) is 17.1 Å². The van der Waals surface area contributed by atoms with Crippen molar-refractivity contribution in [2.45, 2.75) is 47.1 Å². The van der Waals surface area contributed by atoms with Gasteiger partial charge in [-0.1, -0.05) is 66.6 Å². The number of fused-ring (bicyclic) bond motifs is 1. The van der Waals surface area contributed by atoms with E-state index in [9.17, 15) is 9.59 Å². The summed E-state index contributed by atoms with van der Waals surface area (Å²) in [6.45, 7) is 9.98. The summed E-state index contributed by atoms with van der Waals surface area (Å²) in [6, 6.07) is 21.3. The third kappa shape index (κ3) is 5.21. The highest BCUT2D eigenvalue weighted by Crippen LogP contribution is 2.38. The lowest BCUT2D eigenvalue weighted by Crippen LogP contribution is -2.32. The molecular weight excluding hydrogens is 486 g/mol. The first-order valence-corrected chi connectivity index (χ1v) is 13.2. The number of amides is 2. The van der Waals surface area contributed by atoms with Gasteiger partial charge in [0.05, 0.1) is 11.8 Å². The summed E-state index contributed by atoms with van der Waals surface area (Å²) in [4.78, 5) is 27.1. The zero-order valence-corrected chi connectivity index (χ0v) is 22.9. The number of aryl methyl sites for hydroxylation is 4. The van der Waals surface area contributed by atoms with Gasteiger partial charge in [-0.05, 0) is 69.0 Å². The molecule has 0 fully saturated rings. The summed E-state index contributed by atoms with van der Waals surface area (Å²) < 4.78 is 1.73. The number of nitrogens with one attached hydrogen (secondary N) is 3. The first kappa shape index (κ1) is 26.0. The first-order chi connectivity index (χ1) is 18.7. The molecule has 0 radical (unpaired) electrons. The molecule has 4 aromatic rings. The number of aromatic nitrogens is 2. The summed E-state index contributed by atoms with van der Waals surface area (Å²) >= 11 is 0. The number of carbonyl (C=O) groups excluding carboxylic acids is 2. The monoisotopic (exact) mass is 519 g/mol. The van der Waals surface area contributed by atoms with Crippen LogP contribution in [-0.4, -0.2) is 21.6 Å². The van der Waals surface area contributed by atoms with Crippen LogP contribution in [0.15, 0.2) is 84.2 Å². The van der Waals surface area contributed by atoms with Crippen molar-refractivity contribution >= 4 is 29.0 Å². The fraction of sp³-hybridized carbons (Fsp3) is 0.219. The fourth-order valence-electron chi connectivity index (χ4n) is 4.94. The number of nitrogens with zero attached hydrogens (tertiary/aromatic N) is 2. The average molecular weight is 520 g/mol. The van der Waals surface area contributed by atoms with Crippen LogP contribution in [0.5, 0.6) is 0 Å². The maximum absolute atomic E-state index is 13.8. The molecule has 3 N–H and O–H groups in total. The molecule has 198 valence electrons. The van der Waals surface area contributed by atoms with Gasteiger partial charge in [-0.3, -0.25) is 9.59 Å². The zero-order chi connectivity index (χ0) is 27.7. The number of carbonyl (C=O) groups is 2. The molecule has 1 aromatic heterocycles. The van der Waals surface area contributed by atoms with Crippen molar-refractivity contribution in [2.75, 3.05) is 16.0 Å². The molecular formula is C32H33N5O2. The molecule has 7 heteroatoms. The van der Waals surface area contributed by atoms with Gasteiger partial charge in [0.2, 0.25) is 0 Å². The molecule has 0 saturated carbocycles. The predicted octanol–water partition coefficient (Wildman–Crippen LogP) is 6.55. The van der Waals surface area contributed by atoms with Crippen LogP contribution >= 0.6 is 0 Å². The highest BCUT2D eigenvalue weighted by molar-refractivity contribution is 6.09. The smallest absolute Gasteiger partial charge is 0.261 e.